The van der Waals surface area contributed by atoms with Crippen molar-refractivity contribution in [2.75, 3.05) is 67.5 Å². The molecule has 2 aliphatic heterocycles. The van der Waals surface area contributed by atoms with Gasteiger partial charge in [-0.05, 0) is 47.5 Å². The summed E-state index contributed by atoms with van der Waals surface area (Å²) in [5.41, 5.74) is 0. The average Bonchev–Trinajstić information content (AvgIpc) is 2.96. The highest BCUT2D eigenvalue weighted by Crippen LogP contribution is 2.26. The molecule has 0 spiro atoms. The van der Waals surface area contributed by atoms with Crippen molar-refractivity contribution in [2.45, 2.75) is 69.1 Å². The first-order valence-corrected chi connectivity index (χ1v) is 15.3. The molecule has 0 aromatic rings. The molecule has 0 aromatic carbocycles. The van der Waals surface area contributed by atoms with Crippen molar-refractivity contribution in [3.8, 4) is 0 Å². The van der Waals surface area contributed by atoms with E-state index in [4.69, 9.17) is 10.4 Å². The van der Waals surface area contributed by atoms with Gasteiger partial charge in [0, 0.05) is 44.5 Å². The third-order valence-electron chi connectivity index (χ3n) is 7.61. The van der Waals surface area contributed by atoms with Gasteiger partial charge < -0.3 is 20.0 Å². The fourth-order valence-corrected chi connectivity index (χ4v) is 5.38. The largest absolute Gasteiger partial charge is 0.481 e. The number of carboxylic acid groups (broad SMARTS) is 2. The second-order valence-electron chi connectivity index (χ2n) is 11.9. The molecular formula is C25H54N14O6. The molecule has 1 saturated carbocycles. The molecule has 2 heterocycles. The summed E-state index contributed by atoms with van der Waals surface area (Å²) >= 11 is 0. The Hall–Kier alpha value is -1.99. The van der Waals surface area contributed by atoms with E-state index in [2.05, 4.69) is 78.2 Å². The van der Waals surface area contributed by atoms with Crippen LogP contribution in [0.4, 0.5) is 0 Å². The Morgan fingerprint density at radius 3 is 1.96 bits per heavy atom. The number of carbonyl (C=O) groups is 2. The van der Waals surface area contributed by atoms with Gasteiger partial charge in [-0.2, -0.15) is 0 Å². The number of aliphatic carboxylic acids is 2. The first kappa shape index (κ1) is 37.5. The van der Waals surface area contributed by atoms with Crippen molar-refractivity contribution in [1.29, 1.82) is 0 Å². The Balaban J connectivity index is 1.59. The quantitative estimate of drug-likeness (QED) is 0.0355. The van der Waals surface area contributed by atoms with Crippen LogP contribution < -0.4 is 58.5 Å². The van der Waals surface area contributed by atoms with Crippen LogP contribution in [0.3, 0.4) is 0 Å². The molecule has 9 unspecified atom stereocenters. The SMILES string of the molecule is CN(C)CCNC1NC(/N=C/COO)NC(NC2CCC(NC3NC(NCCN(C)C)NC(NCC(=O)O)N3)CC2C(=O)O)N1. The fraction of sp³-hybridized carbons (Fsp3) is 0.880. The summed E-state index contributed by atoms with van der Waals surface area (Å²) in [7, 11) is 7.94. The number of likely N-dealkylation sites (N-methyl/N-ethyl adjacent to an activating group) is 2. The van der Waals surface area contributed by atoms with Crippen molar-refractivity contribution in [2.24, 2.45) is 10.9 Å². The van der Waals surface area contributed by atoms with Gasteiger partial charge in [-0.1, -0.05) is 0 Å². The van der Waals surface area contributed by atoms with Crippen LogP contribution in [-0.2, 0) is 14.5 Å². The lowest BCUT2D eigenvalue weighted by molar-refractivity contribution is -0.226. The number of carboxylic acids is 2. The zero-order chi connectivity index (χ0) is 32.8. The molecule has 0 amide bonds. The third-order valence-corrected chi connectivity index (χ3v) is 7.61. The fourth-order valence-electron chi connectivity index (χ4n) is 5.38. The van der Waals surface area contributed by atoms with E-state index in [-0.39, 0.29) is 37.8 Å². The molecule has 14 N–H and O–H groups in total. The molecule has 2 saturated heterocycles. The zero-order valence-corrected chi connectivity index (χ0v) is 26.5. The van der Waals surface area contributed by atoms with Crippen molar-refractivity contribution < 1.29 is 29.9 Å². The number of rotatable bonds is 19. The Kier molecular flexibility index (Phi) is 16.3. The Labute approximate surface area is 264 Å². The van der Waals surface area contributed by atoms with E-state index in [1.54, 1.807) is 0 Å². The van der Waals surface area contributed by atoms with Gasteiger partial charge in [-0.15, -0.1) is 0 Å². The standard InChI is InChI=1S/C25H54N14O6/c1-38(2)10-7-26-20-32-22(28-9-12-45-44)36-25(35-20)31-17-6-5-15(13-16(17)19(42)43)30-24-34-21(27-8-11-39(3)4)33-23(37-24)29-14-18(40)41/h9,15-17,20-27,29-37,44H,5-8,10-14H2,1-4H3,(H,40,41)(H,42,43)/b28-9+. The molecule has 0 bridgehead atoms. The summed E-state index contributed by atoms with van der Waals surface area (Å²) in [6.07, 6.45) is 0.609. The molecule has 0 aromatic heterocycles. The Morgan fingerprint density at radius 1 is 0.822 bits per heavy atom. The van der Waals surface area contributed by atoms with Crippen LogP contribution in [-0.4, -0.2) is 161 Å². The van der Waals surface area contributed by atoms with Crippen molar-refractivity contribution in [3.05, 3.63) is 0 Å². The van der Waals surface area contributed by atoms with Crippen molar-refractivity contribution in [3.63, 3.8) is 0 Å². The molecule has 3 rings (SSSR count). The maximum absolute atomic E-state index is 12.5. The van der Waals surface area contributed by atoms with Crippen LogP contribution in [0.25, 0.3) is 0 Å². The number of hydrogen-bond acceptors (Lipinski definition) is 18. The van der Waals surface area contributed by atoms with Gasteiger partial charge in [0.25, 0.3) is 0 Å². The van der Waals surface area contributed by atoms with E-state index in [1.165, 1.54) is 6.21 Å². The summed E-state index contributed by atoms with van der Waals surface area (Å²) < 4.78 is 0. The van der Waals surface area contributed by atoms with E-state index in [9.17, 15) is 14.7 Å². The van der Waals surface area contributed by atoms with Crippen LogP contribution >= 0.6 is 0 Å². The van der Waals surface area contributed by atoms with Crippen LogP contribution in [0, 0.1) is 5.92 Å². The van der Waals surface area contributed by atoms with Crippen LogP contribution in [0.5, 0.6) is 0 Å². The summed E-state index contributed by atoms with van der Waals surface area (Å²) in [5, 5.41) is 64.4. The van der Waals surface area contributed by atoms with E-state index >= 15 is 0 Å². The van der Waals surface area contributed by atoms with E-state index in [0.29, 0.717) is 32.4 Å². The normalized spacial score (nSPS) is 32.8. The first-order valence-electron chi connectivity index (χ1n) is 15.3. The minimum atomic E-state index is -0.973. The molecule has 3 fully saturated rings. The highest BCUT2D eigenvalue weighted by atomic mass is 17.1. The summed E-state index contributed by atoms with van der Waals surface area (Å²) in [6.45, 7) is 2.73. The second kappa shape index (κ2) is 19.6. The lowest BCUT2D eigenvalue weighted by Gasteiger charge is -2.44. The number of aliphatic imine (C=N–C) groups is 1. The lowest BCUT2D eigenvalue weighted by atomic mass is 9.81. The average molecular weight is 647 g/mol. The number of nitrogens with one attached hydrogen (secondary N) is 11. The molecule has 3 aliphatic rings. The predicted molar refractivity (Wildman–Crippen MR) is 166 cm³/mol. The minimum Gasteiger partial charge on any atom is -0.481 e. The summed E-state index contributed by atoms with van der Waals surface area (Å²) in [5.74, 6) is -2.53. The van der Waals surface area contributed by atoms with E-state index in [1.807, 2.05) is 28.2 Å². The summed E-state index contributed by atoms with van der Waals surface area (Å²) in [4.78, 5) is 36.2. The van der Waals surface area contributed by atoms with E-state index in [0.717, 1.165) is 13.1 Å². The first-order chi connectivity index (χ1) is 21.5. The van der Waals surface area contributed by atoms with Crippen LogP contribution in [0.1, 0.15) is 19.3 Å². The number of hydrogen-bond donors (Lipinski definition) is 14. The second-order valence-corrected chi connectivity index (χ2v) is 11.9. The van der Waals surface area contributed by atoms with Gasteiger partial charge in [-0.25, -0.2) is 4.89 Å². The number of nitrogens with zero attached hydrogens (tertiary/aromatic N) is 3. The molecular weight excluding hydrogens is 592 g/mol. The lowest BCUT2D eigenvalue weighted by Crippen LogP contribution is -2.78. The van der Waals surface area contributed by atoms with Gasteiger partial charge in [0.05, 0.1) is 12.5 Å². The molecule has 45 heavy (non-hydrogen) atoms. The van der Waals surface area contributed by atoms with Gasteiger partial charge >= 0.3 is 11.9 Å². The van der Waals surface area contributed by atoms with Gasteiger partial charge in [-0.3, -0.25) is 78.3 Å². The molecule has 0 radical (unpaired) electrons. The Bertz CT molecular complexity index is 919. The molecule has 1 aliphatic carbocycles. The van der Waals surface area contributed by atoms with Crippen molar-refractivity contribution in [1.82, 2.24) is 68.3 Å². The maximum atomic E-state index is 12.5. The minimum absolute atomic E-state index is 0.0633. The zero-order valence-electron chi connectivity index (χ0n) is 26.5. The van der Waals surface area contributed by atoms with Gasteiger partial charge in [0.15, 0.2) is 6.29 Å². The van der Waals surface area contributed by atoms with E-state index < -0.39 is 43.0 Å². The topological polar surface area (TPSA) is 255 Å². The maximum Gasteiger partial charge on any atom is 0.317 e. The predicted octanol–water partition coefficient (Wildman–Crippen LogP) is -5.41. The van der Waals surface area contributed by atoms with Crippen molar-refractivity contribution >= 4 is 18.2 Å². The highest BCUT2D eigenvalue weighted by molar-refractivity contribution is 5.71. The van der Waals surface area contributed by atoms with Gasteiger partial charge in [0.1, 0.15) is 38.1 Å². The highest BCUT2D eigenvalue weighted by Gasteiger charge is 2.39. The van der Waals surface area contributed by atoms with Crippen LogP contribution in [0.2, 0.25) is 0 Å². The van der Waals surface area contributed by atoms with Gasteiger partial charge in [0.2, 0.25) is 0 Å². The molecule has 20 heteroatoms. The summed E-state index contributed by atoms with van der Waals surface area (Å²) in [6, 6.07) is -0.434. The third kappa shape index (κ3) is 14.1. The molecule has 260 valence electrons. The van der Waals surface area contributed by atoms with Crippen LogP contribution in [0.15, 0.2) is 4.99 Å². The monoisotopic (exact) mass is 646 g/mol. The molecule has 9 atom stereocenters. The Morgan fingerprint density at radius 2 is 1.38 bits per heavy atom. The smallest absolute Gasteiger partial charge is 0.317 e. The molecule has 20 nitrogen and oxygen atoms in total.